The Labute approximate surface area is 156 Å². The Kier molecular flexibility index (Phi) is 6.32. The van der Waals surface area contributed by atoms with Gasteiger partial charge in [-0.05, 0) is 48.0 Å². The molecule has 124 valence electrons. The van der Waals surface area contributed by atoms with Crippen molar-refractivity contribution in [2.45, 2.75) is 9.79 Å². The van der Waals surface area contributed by atoms with Crippen molar-refractivity contribution in [3.63, 3.8) is 0 Å². The topological polar surface area (TPSA) is 28.7 Å². The summed E-state index contributed by atoms with van der Waals surface area (Å²) in [7, 11) is 0. The minimum Gasteiger partial charge on any atom is -0.345 e. The molecule has 0 atom stereocenters. The largest absolute Gasteiger partial charge is 0.345 e. The van der Waals surface area contributed by atoms with E-state index in [1.54, 1.807) is 24.3 Å². The fourth-order valence-corrected chi connectivity index (χ4v) is 3.18. The number of benzene rings is 2. The first-order valence-electron chi connectivity index (χ1n) is 7.83. The summed E-state index contributed by atoms with van der Waals surface area (Å²) in [6, 6.07) is 24.0. The standard InChI is InChI=1S/C21H17ClN2S/c22-18-10-12-19(13-11-18)25-21-8-4-5-15-23-16-24-20(21)14-9-17-6-2-1-3-7-17/h1-16H,(H,23,24)/b8-4?,14-9+,15-5?,21-20?. The molecule has 3 aromatic rings. The molecule has 2 aromatic carbocycles. The molecule has 0 unspecified atom stereocenters. The predicted molar refractivity (Wildman–Crippen MR) is 107 cm³/mol. The van der Waals surface area contributed by atoms with Gasteiger partial charge in [0.2, 0.25) is 0 Å². The van der Waals surface area contributed by atoms with Gasteiger partial charge in [-0.15, -0.1) is 0 Å². The summed E-state index contributed by atoms with van der Waals surface area (Å²) < 4.78 is 0. The van der Waals surface area contributed by atoms with Crippen molar-refractivity contribution in [1.82, 2.24) is 9.97 Å². The Morgan fingerprint density at radius 3 is 2.40 bits per heavy atom. The molecule has 4 heteroatoms. The van der Waals surface area contributed by atoms with Crippen LogP contribution >= 0.6 is 23.4 Å². The van der Waals surface area contributed by atoms with E-state index in [4.69, 9.17) is 11.6 Å². The van der Waals surface area contributed by atoms with Gasteiger partial charge in [-0.25, -0.2) is 4.98 Å². The monoisotopic (exact) mass is 364 g/mol. The molecule has 0 bridgehead atoms. The van der Waals surface area contributed by atoms with E-state index in [0.29, 0.717) is 0 Å². The van der Waals surface area contributed by atoms with Crippen LogP contribution in [0.25, 0.3) is 12.2 Å². The Bertz CT molecular complexity index is 885. The van der Waals surface area contributed by atoms with Gasteiger partial charge in [0.05, 0.1) is 12.0 Å². The van der Waals surface area contributed by atoms with Crippen LogP contribution in [0.2, 0.25) is 5.02 Å². The number of aromatic nitrogens is 2. The van der Waals surface area contributed by atoms with Crippen LogP contribution < -0.4 is 0 Å². The molecule has 0 spiro atoms. The van der Waals surface area contributed by atoms with Gasteiger partial charge in [-0.3, -0.25) is 0 Å². The Balaban J connectivity index is 1.99. The van der Waals surface area contributed by atoms with Crippen molar-refractivity contribution < 1.29 is 0 Å². The van der Waals surface area contributed by atoms with Gasteiger partial charge in [-0.2, -0.15) is 0 Å². The van der Waals surface area contributed by atoms with Crippen LogP contribution in [0.5, 0.6) is 0 Å². The quantitative estimate of drug-likeness (QED) is 0.571. The predicted octanol–water partition coefficient (Wildman–Crippen LogP) is 6.51. The minimum atomic E-state index is 0.737. The molecular weight excluding hydrogens is 348 g/mol. The zero-order valence-corrected chi connectivity index (χ0v) is 15.0. The van der Waals surface area contributed by atoms with E-state index >= 15 is 0 Å². The third-order valence-electron chi connectivity index (χ3n) is 3.37. The molecule has 2 nitrogen and oxygen atoms in total. The molecule has 1 aromatic heterocycles. The molecule has 0 radical (unpaired) electrons. The smallest absolute Gasteiger partial charge is 0.0923 e. The Morgan fingerprint density at radius 1 is 0.840 bits per heavy atom. The lowest BCUT2D eigenvalue weighted by Gasteiger charge is -2.04. The first-order chi connectivity index (χ1) is 12.3. The molecule has 0 aliphatic carbocycles. The van der Waals surface area contributed by atoms with Gasteiger partial charge in [-0.1, -0.05) is 65.8 Å². The third-order valence-corrected chi connectivity index (χ3v) is 4.71. The van der Waals surface area contributed by atoms with E-state index in [2.05, 4.69) is 40.3 Å². The van der Waals surface area contributed by atoms with E-state index in [-0.39, 0.29) is 0 Å². The van der Waals surface area contributed by atoms with Crippen molar-refractivity contribution in [3.8, 4) is 0 Å². The van der Waals surface area contributed by atoms with Gasteiger partial charge >= 0.3 is 0 Å². The van der Waals surface area contributed by atoms with Gasteiger partial charge in [0.15, 0.2) is 0 Å². The second-order valence-electron chi connectivity index (χ2n) is 5.20. The summed E-state index contributed by atoms with van der Waals surface area (Å²) in [4.78, 5) is 9.66. The number of rotatable bonds is 4. The van der Waals surface area contributed by atoms with Gasteiger partial charge < -0.3 is 4.98 Å². The highest BCUT2D eigenvalue weighted by Crippen LogP contribution is 2.30. The second-order valence-corrected chi connectivity index (χ2v) is 6.75. The number of aromatic amines is 1. The Hall–Kier alpha value is -2.49. The second kappa shape index (κ2) is 9.11. The molecule has 1 N–H and O–H groups in total. The van der Waals surface area contributed by atoms with Crippen molar-refractivity contribution in [3.05, 3.63) is 102 Å². The Morgan fingerprint density at radius 2 is 1.60 bits per heavy atom. The van der Waals surface area contributed by atoms with Crippen LogP contribution in [0.3, 0.4) is 0 Å². The van der Waals surface area contributed by atoms with Crippen LogP contribution in [0.15, 0.2) is 95.1 Å². The molecule has 0 saturated heterocycles. The molecule has 1 heterocycles. The SMILES string of the molecule is Clc1ccc(Sc2ccccnc[nH]c2/C=C/c2ccccc2)cc1. The maximum absolute atomic E-state index is 5.98. The highest BCUT2D eigenvalue weighted by Gasteiger charge is 2.01. The molecule has 0 saturated carbocycles. The van der Waals surface area contributed by atoms with E-state index in [1.807, 2.05) is 54.6 Å². The van der Waals surface area contributed by atoms with Gasteiger partial charge in [0, 0.05) is 21.0 Å². The average molecular weight is 365 g/mol. The number of nitrogens with one attached hydrogen (secondary N) is 1. The highest BCUT2D eigenvalue weighted by atomic mass is 35.5. The van der Waals surface area contributed by atoms with Crippen LogP contribution in [-0.4, -0.2) is 9.97 Å². The van der Waals surface area contributed by atoms with Crippen LogP contribution in [0.4, 0.5) is 0 Å². The summed E-state index contributed by atoms with van der Waals surface area (Å²) in [5.74, 6) is 0. The van der Waals surface area contributed by atoms with Crippen LogP contribution in [0, 0.1) is 0 Å². The normalized spacial score (nSPS) is 10.6. The number of hydrogen-bond acceptors (Lipinski definition) is 2. The highest BCUT2D eigenvalue weighted by molar-refractivity contribution is 7.99. The van der Waals surface area contributed by atoms with Crippen LogP contribution in [-0.2, 0) is 0 Å². The maximum Gasteiger partial charge on any atom is 0.0923 e. The molecule has 0 amide bonds. The average Bonchev–Trinajstić information content (AvgIpc) is 2.75. The fourth-order valence-electron chi connectivity index (χ4n) is 2.15. The fraction of sp³-hybridized carbons (Fsp3) is 0. The number of halogens is 1. The number of H-pyrrole nitrogens is 1. The van der Waals surface area contributed by atoms with Crippen molar-refractivity contribution in [2.24, 2.45) is 0 Å². The molecule has 0 aliphatic rings. The van der Waals surface area contributed by atoms with Crippen molar-refractivity contribution in [1.29, 1.82) is 0 Å². The van der Waals surface area contributed by atoms with Gasteiger partial charge in [0.25, 0.3) is 0 Å². The first kappa shape index (κ1) is 17.3. The van der Waals surface area contributed by atoms with Crippen molar-refractivity contribution in [2.75, 3.05) is 0 Å². The molecular formula is C21H17ClN2S. The summed E-state index contributed by atoms with van der Waals surface area (Å²) in [6.07, 6.45) is 7.58. The lowest BCUT2D eigenvalue weighted by Crippen LogP contribution is -1.82. The molecule has 0 fully saturated rings. The van der Waals surface area contributed by atoms with E-state index < -0.39 is 0 Å². The van der Waals surface area contributed by atoms with E-state index in [1.165, 1.54) is 0 Å². The summed E-state index contributed by atoms with van der Waals surface area (Å²) in [5.41, 5.74) is 2.12. The lowest BCUT2D eigenvalue weighted by atomic mass is 10.2. The summed E-state index contributed by atoms with van der Waals surface area (Å²) >= 11 is 7.66. The van der Waals surface area contributed by atoms with E-state index in [9.17, 15) is 0 Å². The maximum atomic E-state index is 5.98. The summed E-state index contributed by atoms with van der Waals surface area (Å²) in [6.45, 7) is 0. The number of hydrogen-bond donors (Lipinski definition) is 1. The number of nitrogens with zero attached hydrogens (tertiary/aromatic N) is 1. The van der Waals surface area contributed by atoms with Crippen molar-refractivity contribution >= 4 is 35.5 Å². The van der Waals surface area contributed by atoms with Crippen LogP contribution in [0.1, 0.15) is 11.3 Å². The summed E-state index contributed by atoms with van der Waals surface area (Å²) in [5, 5.41) is 0.737. The molecule has 3 rings (SSSR count). The lowest BCUT2D eigenvalue weighted by molar-refractivity contribution is 1.16. The molecule has 25 heavy (non-hydrogen) atoms. The third kappa shape index (κ3) is 5.52. The zero-order valence-electron chi connectivity index (χ0n) is 13.5. The molecule has 0 aliphatic heterocycles. The zero-order chi connectivity index (χ0) is 17.3. The first-order valence-corrected chi connectivity index (χ1v) is 9.03. The van der Waals surface area contributed by atoms with Gasteiger partial charge in [0.1, 0.15) is 0 Å². The minimum absolute atomic E-state index is 0.737. The van der Waals surface area contributed by atoms with E-state index in [0.717, 1.165) is 26.1 Å².